The van der Waals surface area contributed by atoms with E-state index in [1.54, 1.807) is 11.3 Å². The number of rotatable bonds is 5. The molecule has 0 radical (unpaired) electrons. The summed E-state index contributed by atoms with van der Waals surface area (Å²) in [4.78, 5) is 7.61. The monoisotopic (exact) mass is 285 g/mol. The van der Waals surface area contributed by atoms with Crippen molar-refractivity contribution in [3.05, 3.63) is 59.3 Å². The highest BCUT2D eigenvalue weighted by atomic mass is 32.1. The highest BCUT2D eigenvalue weighted by molar-refractivity contribution is 7.13. The Labute approximate surface area is 121 Å². The number of hydrogen-bond acceptors (Lipinski definition) is 5. The molecular weight excluding hydrogens is 270 g/mol. The first-order chi connectivity index (χ1) is 9.81. The predicted molar refractivity (Wildman–Crippen MR) is 79.2 cm³/mol. The number of thiophene rings is 1. The molecule has 5 heteroatoms. The van der Waals surface area contributed by atoms with Crippen LogP contribution in [0.5, 0.6) is 0 Å². The summed E-state index contributed by atoms with van der Waals surface area (Å²) in [7, 11) is 2.04. The van der Waals surface area contributed by atoms with Crippen LogP contribution in [-0.2, 0) is 13.1 Å². The zero-order chi connectivity index (χ0) is 13.8. The molecule has 0 spiro atoms. The van der Waals surface area contributed by atoms with Gasteiger partial charge in [-0.15, -0.1) is 11.3 Å². The SMILES string of the molecule is CN(Cc1ccccc1)Cc1nc(-c2cccs2)no1. The molecule has 0 saturated carbocycles. The van der Waals surface area contributed by atoms with Crippen molar-refractivity contribution < 1.29 is 4.52 Å². The molecule has 0 aliphatic carbocycles. The van der Waals surface area contributed by atoms with Crippen molar-refractivity contribution in [2.45, 2.75) is 13.1 Å². The first kappa shape index (κ1) is 13.0. The summed E-state index contributed by atoms with van der Waals surface area (Å²) >= 11 is 1.61. The molecule has 0 unspecified atom stereocenters. The van der Waals surface area contributed by atoms with Crippen LogP contribution in [0, 0.1) is 0 Å². The fourth-order valence-corrected chi connectivity index (χ4v) is 2.66. The molecule has 2 heterocycles. The summed E-state index contributed by atoms with van der Waals surface area (Å²) < 4.78 is 5.30. The summed E-state index contributed by atoms with van der Waals surface area (Å²) in [6.07, 6.45) is 0. The van der Waals surface area contributed by atoms with E-state index in [4.69, 9.17) is 4.52 Å². The van der Waals surface area contributed by atoms with Gasteiger partial charge in [-0.25, -0.2) is 0 Å². The molecule has 0 amide bonds. The van der Waals surface area contributed by atoms with E-state index in [2.05, 4.69) is 27.2 Å². The third kappa shape index (κ3) is 3.12. The van der Waals surface area contributed by atoms with Crippen LogP contribution in [0.1, 0.15) is 11.5 Å². The van der Waals surface area contributed by atoms with Crippen LogP contribution in [-0.4, -0.2) is 22.1 Å². The summed E-state index contributed by atoms with van der Waals surface area (Å²) in [6, 6.07) is 14.3. The quantitative estimate of drug-likeness (QED) is 0.720. The van der Waals surface area contributed by atoms with Crippen molar-refractivity contribution >= 4 is 11.3 Å². The predicted octanol–water partition coefficient (Wildman–Crippen LogP) is 3.43. The lowest BCUT2D eigenvalue weighted by Gasteiger charge is -2.13. The molecule has 1 aromatic carbocycles. The summed E-state index contributed by atoms with van der Waals surface area (Å²) in [5.41, 5.74) is 1.27. The van der Waals surface area contributed by atoms with Gasteiger partial charge in [0.05, 0.1) is 11.4 Å². The van der Waals surface area contributed by atoms with E-state index in [9.17, 15) is 0 Å². The van der Waals surface area contributed by atoms with Gasteiger partial charge in [0, 0.05) is 6.54 Å². The zero-order valence-corrected chi connectivity index (χ0v) is 12.0. The van der Waals surface area contributed by atoms with Gasteiger partial charge in [-0.2, -0.15) is 4.98 Å². The topological polar surface area (TPSA) is 42.2 Å². The fourth-order valence-electron chi connectivity index (χ4n) is 2.01. The van der Waals surface area contributed by atoms with Crippen molar-refractivity contribution in [3.63, 3.8) is 0 Å². The maximum atomic E-state index is 5.30. The van der Waals surface area contributed by atoms with Crippen LogP contribution in [0.4, 0.5) is 0 Å². The number of nitrogens with zero attached hydrogens (tertiary/aromatic N) is 3. The second-order valence-corrected chi connectivity index (χ2v) is 5.59. The Bertz CT molecular complexity index is 649. The first-order valence-corrected chi connectivity index (χ1v) is 7.28. The molecule has 0 saturated heterocycles. The van der Waals surface area contributed by atoms with Crippen molar-refractivity contribution in [1.82, 2.24) is 15.0 Å². The molecule has 3 rings (SSSR count). The van der Waals surface area contributed by atoms with Crippen LogP contribution in [0.15, 0.2) is 52.4 Å². The van der Waals surface area contributed by atoms with Crippen LogP contribution in [0.3, 0.4) is 0 Å². The Morgan fingerprint density at radius 1 is 1.10 bits per heavy atom. The average Bonchev–Trinajstić information content (AvgIpc) is 3.10. The molecule has 0 atom stereocenters. The third-order valence-electron chi connectivity index (χ3n) is 2.91. The maximum Gasteiger partial charge on any atom is 0.241 e. The lowest BCUT2D eigenvalue weighted by atomic mass is 10.2. The van der Waals surface area contributed by atoms with Crippen molar-refractivity contribution in [2.75, 3.05) is 7.05 Å². The van der Waals surface area contributed by atoms with Gasteiger partial charge in [-0.05, 0) is 24.1 Å². The molecule has 0 fully saturated rings. The van der Waals surface area contributed by atoms with E-state index in [-0.39, 0.29) is 0 Å². The van der Waals surface area contributed by atoms with Gasteiger partial charge in [0.25, 0.3) is 0 Å². The molecule has 102 valence electrons. The van der Waals surface area contributed by atoms with Gasteiger partial charge in [0.1, 0.15) is 0 Å². The molecule has 3 aromatic rings. The van der Waals surface area contributed by atoms with E-state index in [1.807, 2.05) is 42.8 Å². The van der Waals surface area contributed by atoms with E-state index in [0.717, 1.165) is 11.4 Å². The van der Waals surface area contributed by atoms with Crippen molar-refractivity contribution in [3.8, 4) is 10.7 Å². The smallest absolute Gasteiger partial charge is 0.241 e. The first-order valence-electron chi connectivity index (χ1n) is 6.40. The molecule has 0 aliphatic rings. The normalized spacial score (nSPS) is 11.1. The summed E-state index contributed by atoms with van der Waals surface area (Å²) in [5.74, 6) is 1.31. The van der Waals surface area contributed by atoms with E-state index < -0.39 is 0 Å². The van der Waals surface area contributed by atoms with Crippen molar-refractivity contribution in [2.24, 2.45) is 0 Å². The van der Waals surface area contributed by atoms with Gasteiger partial charge < -0.3 is 4.52 Å². The molecule has 0 bridgehead atoms. The lowest BCUT2D eigenvalue weighted by Crippen LogP contribution is -2.17. The highest BCUT2D eigenvalue weighted by Crippen LogP contribution is 2.21. The van der Waals surface area contributed by atoms with Gasteiger partial charge >= 0.3 is 0 Å². The fraction of sp³-hybridized carbons (Fsp3) is 0.200. The lowest BCUT2D eigenvalue weighted by molar-refractivity contribution is 0.261. The average molecular weight is 285 g/mol. The van der Waals surface area contributed by atoms with Crippen molar-refractivity contribution in [1.29, 1.82) is 0 Å². The van der Waals surface area contributed by atoms with Gasteiger partial charge in [-0.1, -0.05) is 41.6 Å². The summed E-state index contributed by atoms with van der Waals surface area (Å²) in [6.45, 7) is 1.50. The third-order valence-corrected chi connectivity index (χ3v) is 3.78. The number of benzene rings is 1. The largest absolute Gasteiger partial charge is 0.338 e. The van der Waals surface area contributed by atoms with Crippen LogP contribution >= 0.6 is 11.3 Å². The number of aromatic nitrogens is 2. The maximum absolute atomic E-state index is 5.30. The second kappa shape index (κ2) is 5.98. The Morgan fingerprint density at radius 3 is 2.70 bits per heavy atom. The minimum Gasteiger partial charge on any atom is -0.338 e. The molecule has 20 heavy (non-hydrogen) atoms. The Hall–Kier alpha value is -1.98. The van der Waals surface area contributed by atoms with E-state index in [0.29, 0.717) is 18.3 Å². The zero-order valence-electron chi connectivity index (χ0n) is 11.2. The highest BCUT2D eigenvalue weighted by Gasteiger charge is 2.11. The standard InChI is InChI=1S/C15H15N3OS/c1-18(10-12-6-3-2-4-7-12)11-14-16-15(17-19-14)13-8-5-9-20-13/h2-9H,10-11H2,1H3. The van der Waals surface area contributed by atoms with E-state index in [1.165, 1.54) is 5.56 Å². The van der Waals surface area contributed by atoms with Gasteiger partial charge in [0.15, 0.2) is 0 Å². The van der Waals surface area contributed by atoms with Crippen LogP contribution in [0.25, 0.3) is 10.7 Å². The number of hydrogen-bond donors (Lipinski definition) is 0. The van der Waals surface area contributed by atoms with Crippen LogP contribution in [0.2, 0.25) is 0 Å². The molecule has 0 N–H and O–H groups in total. The molecule has 0 aliphatic heterocycles. The van der Waals surface area contributed by atoms with E-state index >= 15 is 0 Å². The second-order valence-electron chi connectivity index (χ2n) is 4.65. The molecule has 2 aromatic heterocycles. The van der Waals surface area contributed by atoms with Gasteiger partial charge in [0.2, 0.25) is 11.7 Å². The molecule has 4 nitrogen and oxygen atoms in total. The van der Waals surface area contributed by atoms with Crippen LogP contribution < -0.4 is 0 Å². The minimum absolute atomic E-state index is 0.645. The Kier molecular flexibility index (Phi) is 3.90. The Balaban J connectivity index is 1.63. The van der Waals surface area contributed by atoms with Gasteiger partial charge in [-0.3, -0.25) is 4.90 Å². The summed E-state index contributed by atoms with van der Waals surface area (Å²) in [5, 5.41) is 6.02. The molecular formula is C15H15N3OS. The Morgan fingerprint density at radius 2 is 1.95 bits per heavy atom. The minimum atomic E-state index is 0.645.